The quantitative estimate of drug-likeness (QED) is 0.908. The molecular weight excluding hydrogens is 278 g/mol. The molecule has 4 rings (SSSR count). The highest BCUT2D eigenvalue weighted by molar-refractivity contribution is 5.82. The van der Waals surface area contributed by atoms with Gasteiger partial charge in [0.1, 0.15) is 6.04 Å². The maximum absolute atomic E-state index is 12.7. The van der Waals surface area contributed by atoms with Crippen LogP contribution in [0.2, 0.25) is 0 Å². The van der Waals surface area contributed by atoms with Gasteiger partial charge in [0.15, 0.2) is 0 Å². The molecule has 1 aliphatic carbocycles. The highest BCUT2D eigenvalue weighted by Crippen LogP contribution is 2.52. The summed E-state index contributed by atoms with van der Waals surface area (Å²) in [5.74, 6) is 0.506. The third-order valence-corrected chi connectivity index (χ3v) is 5.72. The van der Waals surface area contributed by atoms with E-state index in [4.69, 9.17) is 0 Å². The number of carbonyl (C=O) groups is 1. The number of pyridine rings is 1. The van der Waals surface area contributed by atoms with Crippen LogP contribution in [-0.2, 0) is 4.79 Å². The molecule has 22 heavy (non-hydrogen) atoms. The number of rotatable bonds is 2. The molecule has 2 aliphatic heterocycles. The summed E-state index contributed by atoms with van der Waals surface area (Å²) in [6, 6.07) is 3.74. The average Bonchev–Trinajstić information content (AvgIpc) is 3.10. The minimum atomic E-state index is -0.331. The van der Waals surface area contributed by atoms with Crippen LogP contribution in [0.3, 0.4) is 0 Å². The Hall–Kier alpha value is -1.46. The van der Waals surface area contributed by atoms with Crippen molar-refractivity contribution in [1.29, 1.82) is 0 Å². The number of nitrogens with zero attached hydrogens (tertiary/aromatic N) is 3. The second kappa shape index (κ2) is 5.32. The number of likely N-dealkylation sites (tertiary alicyclic amines) is 1. The van der Waals surface area contributed by atoms with Crippen molar-refractivity contribution >= 4 is 5.91 Å². The lowest BCUT2D eigenvalue weighted by Crippen LogP contribution is -2.51. The zero-order valence-electron chi connectivity index (χ0n) is 12.8. The first-order chi connectivity index (χ1) is 10.7. The first-order valence-corrected chi connectivity index (χ1v) is 8.31. The molecule has 5 heteroatoms. The number of piperidine rings is 1. The number of aromatic nitrogens is 1. The Kier molecular flexibility index (Phi) is 3.42. The van der Waals surface area contributed by atoms with Crippen LogP contribution in [0.4, 0.5) is 0 Å². The fraction of sp³-hybridized carbons (Fsp3) is 0.647. The smallest absolute Gasteiger partial charge is 0.242 e. The van der Waals surface area contributed by atoms with Gasteiger partial charge < -0.3 is 10.1 Å². The predicted molar refractivity (Wildman–Crippen MR) is 81.4 cm³/mol. The van der Waals surface area contributed by atoms with Crippen LogP contribution in [-0.4, -0.2) is 51.7 Å². The second-order valence-electron chi connectivity index (χ2n) is 7.20. The summed E-state index contributed by atoms with van der Waals surface area (Å²) in [5, 5.41) is 11.6. The van der Waals surface area contributed by atoms with Crippen LogP contribution < -0.4 is 0 Å². The van der Waals surface area contributed by atoms with Gasteiger partial charge in [-0.15, -0.1) is 0 Å². The van der Waals surface area contributed by atoms with Crippen molar-refractivity contribution in [3.8, 4) is 0 Å². The minimum Gasteiger partial charge on any atom is -0.341 e. The molecule has 5 nitrogen and oxygen atoms in total. The number of amides is 1. The SMILES string of the molecule is O=C([C@@H]1CCC2(CC2)CN1O)N1CC[C@@H](c2ccncc2)C1. The normalized spacial score (nSPS) is 30.7. The second-order valence-corrected chi connectivity index (χ2v) is 7.20. The molecule has 1 aromatic rings. The van der Waals surface area contributed by atoms with Crippen LogP contribution >= 0.6 is 0 Å². The van der Waals surface area contributed by atoms with Crippen molar-refractivity contribution in [3.05, 3.63) is 30.1 Å². The molecule has 3 heterocycles. The first-order valence-electron chi connectivity index (χ1n) is 8.31. The predicted octanol–water partition coefficient (Wildman–Crippen LogP) is 2.03. The maximum atomic E-state index is 12.7. The maximum Gasteiger partial charge on any atom is 0.242 e. The standard InChI is InChI=1S/C17H23N3O2/c21-16(15-1-5-17(6-7-17)12-20(15)22)19-10-4-14(11-19)13-2-8-18-9-3-13/h2-3,8-9,14-15,22H,1,4-7,10-12H2/t14-,15+/m1/s1. The van der Waals surface area contributed by atoms with E-state index in [0.717, 1.165) is 32.4 Å². The summed E-state index contributed by atoms with van der Waals surface area (Å²) in [5.41, 5.74) is 1.59. The Labute approximate surface area is 130 Å². The van der Waals surface area contributed by atoms with Gasteiger partial charge in [0.25, 0.3) is 0 Å². The van der Waals surface area contributed by atoms with Crippen LogP contribution in [0, 0.1) is 5.41 Å². The monoisotopic (exact) mass is 301 g/mol. The van der Waals surface area contributed by atoms with E-state index >= 15 is 0 Å². The highest BCUT2D eigenvalue weighted by atomic mass is 16.5. The Morgan fingerprint density at radius 1 is 1.23 bits per heavy atom. The van der Waals surface area contributed by atoms with Crippen molar-refractivity contribution < 1.29 is 10.0 Å². The number of hydrogen-bond donors (Lipinski definition) is 1. The molecule has 2 atom stereocenters. The van der Waals surface area contributed by atoms with E-state index in [-0.39, 0.29) is 11.9 Å². The van der Waals surface area contributed by atoms with Gasteiger partial charge in [0.2, 0.25) is 5.91 Å². The van der Waals surface area contributed by atoms with E-state index in [2.05, 4.69) is 4.98 Å². The Balaban J connectivity index is 1.39. The molecule has 1 aromatic heterocycles. The van der Waals surface area contributed by atoms with E-state index in [0.29, 0.717) is 17.9 Å². The molecule has 3 fully saturated rings. The summed E-state index contributed by atoms with van der Waals surface area (Å²) in [4.78, 5) is 18.7. The fourth-order valence-electron chi connectivity index (χ4n) is 4.04. The molecule has 1 amide bonds. The van der Waals surface area contributed by atoms with Gasteiger partial charge >= 0.3 is 0 Å². The molecule has 1 N–H and O–H groups in total. The van der Waals surface area contributed by atoms with Crippen molar-refractivity contribution in [2.24, 2.45) is 5.41 Å². The molecule has 2 saturated heterocycles. The largest absolute Gasteiger partial charge is 0.341 e. The van der Waals surface area contributed by atoms with E-state index in [1.165, 1.54) is 23.5 Å². The third kappa shape index (κ3) is 2.52. The van der Waals surface area contributed by atoms with Gasteiger partial charge in [-0.1, -0.05) is 0 Å². The Bertz CT molecular complexity index is 558. The van der Waals surface area contributed by atoms with E-state index in [9.17, 15) is 10.0 Å². The molecule has 0 radical (unpaired) electrons. The number of carbonyl (C=O) groups excluding carboxylic acids is 1. The van der Waals surface area contributed by atoms with E-state index in [1.807, 2.05) is 29.4 Å². The number of hydrogen-bond acceptors (Lipinski definition) is 4. The molecule has 1 spiro atoms. The Morgan fingerprint density at radius 3 is 2.68 bits per heavy atom. The average molecular weight is 301 g/mol. The fourth-order valence-corrected chi connectivity index (χ4v) is 4.04. The summed E-state index contributed by atoms with van der Waals surface area (Å²) in [6.07, 6.45) is 8.92. The van der Waals surface area contributed by atoms with Crippen LogP contribution in [0.5, 0.6) is 0 Å². The molecule has 0 bridgehead atoms. The molecule has 0 unspecified atom stereocenters. The molecule has 1 saturated carbocycles. The summed E-state index contributed by atoms with van der Waals surface area (Å²) in [7, 11) is 0. The zero-order valence-corrected chi connectivity index (χ0v) is 12.8. The topological polar surface area (TPSA) is 56.7 Å². The minimum absolute atomic E-state index is 0.106. The molecular formula is C17H23N3O2. The van der Waals surface area contributed by atoms with Crippen molar-refractivity contribution in [1.82, 2.24) is 14.9 Å². The van der Waals surface area contributed by atoms with Crippen LogP contribution in [0.1, 0.15) is 43.6 Å². The molecule has 118 valence electrons. The lowest BCUT2D eigenvalue weighted by atomic mass is 9.91. The van der Waals surface area contributed by atoms with Crippen molar-refractivity contribution in [2.75, 3.05) is 19.6 Å². The van der Waals surface area contributed by atoms with Gasteiger partial charge in [-0.3, -0.25) is 9.78 Å². The first kappa shape index (κ1) is 14.2. The van der Waals surface area contributed by atoms with Gasteiger partial charge in [-0.25, -0.2) is 0 Å². The highest BCUT2D eigenvalue weighted by Gasteiger charge is 2.50. The lowest BCUT2D eigenvalue weighted by Gasteiger charge is -2.36. The van der Waals surface area contributed by atoms with E-state index < -0.39 is 0 Å². The van der Waals surface area contributed by atoms with E-state index in [1.54, 1.807) is 0 Å². The number of hydroxylamine groups is 2. The van der Waals surface area contributed by atoms with Crippen molar-refractivity contribution in [3.63, 3.8) is 0 Å². The molecule has 3 aliphatic rings. The third-order valence-electron chi connectivity index (χ3n) is 5.72. The Morgan fingerprint density at radius 2 is 2.00 bits per heavy atom. The van der Waals surface area contributed by atoms with Gasteiger partial charge in [0.05, 0.1) is 0 Å². The molecule has 0 aromatic carbocycles. The van der Waals surface area contributed by atoms with Crippen LogP contribution in [0.15, 0.2) is 24.5 Å². The van der Waals surface area contributed by atoms with Gasteiger partial charge in [0, 0.05) is 37.9 Å². The zero-order chi connectivity index (χ0) is 15.2. The lowest BCUT2D eigenvalue weighted by molar-refractivity contribution is -0.179. The summed E-state index contributed by atoms with van der Waals surface area (Å²) in [6.45, 7) is 2.23. The van der Waals surface area contributed by atoms with Gasteiger partial charge in [-0.05, 0) is 55.2 Å². The van der Waals surface area contributed by atoms with Crippen LogP contribution in [0.25, 0.3) is 0 Å². The summed E-state index contributed by atoms with van der Waals surface area (Å²) < 4.78 is 0. The van der Waals surface area contributed by atoms with Crippen molar-refractivity contribution in [2.45, 2.75) is 44.1 Å². The van der Waals surface area contributed by atoms with Gasteiger partial charge in [-0.2, -0.15) is 5.06 Å². The summed E-state index contributed by atoms with van der Waals surface area (Å²) >= 11 is 0.